The summed E-state index contributed by atoms with van der Waals surface area (Å²) in [6.45, 7) is 1.60. The largest absolute Gasteiger partial charge is 0.319 e. The van der Waals surface area contributed by atoms with Crippen LogP contribution < -0.4 is 10.6 Å². The molecule has 0 unspecified atom stereocenters. The van der Waals surface area contributed by atoms with Crippen LogP contribution in [0.25, 0.3) is 5.82 Å². The highest BCUT2D eigenvalue weighted by Gasteiger charge is 2.18. The van der Waals surface area contributed by atoms with Crippen molar-refractivity contribution in [2.75, 3.05) is 11.9 Å². The number of hydrogen-bond acceptors (Lipinski definition) is 4. The Kier molecular flexibility index (Phi) is 3.99. The second-order valence-corrected chi connectivity index (χ2v) is 5.81. The zero-order valence-electron chi connectivity index (χ0n) is 13.4. The number of benzene rings is 1. The van der Waals surface area contributed by atoms with E-state index in [1.54, 1.807) is 0 Å². The smallest absolute Gasteiger partial charge is 0.256 e. The number of nitrogens with one attached hydrogen (secondary N) is 2. The summed E-state index contributed by atoms with van der Waals surface area (Å²) >= 11 is 0. The molecule has 0 saturated carbocycles. The van der Waals surface area contributed by atoms with Crippen LogP contribution in [0.4, 0.5) is 10.1 Å². The van der Waals surface area contributed by atoms with Crippen molar-refractivity contribution in [2.24, 2.45) is 0 Å². The van der Waals surface area contributed by atoms with Crippen molar-refractivity contribution in [3.05, 3.63) is 71.4 Å². The van der Waals surface area contributed by atoms with Gasteiger partial charge in [-0.05, 0) is 42.3 Å². The SMILES string of the molecule is O=C(Nc1cnn(-c2ncccc2F)c1)c1cccc2c1CNCC2. The average Bonchev–Trinajstić information content (AvgIpc) is 3.09. The van der Waals surface area contributed by atoms with Crippen molar-refractivity contribution < 1.29 is 9.18 Å². The van der Waals surface area contributed by atoms with Crippen LogP contribution in [0.15, 0.2) is 48.9 Å². The molecule has 0 saturated heterocycles. The van der Waals surface area contributed by atoms with Gasteiger partial charge in [-0.25, -0.2) is 14.1 Å². The first-order valence-corrected chi connectivity index (χ1v) is 8.01. The van der Waals surface area contributed by atoms with Gasteiger partial charge in [0, 0.05) is 18.3 Å². The van der Waals surface area contributed by atoms with E-state index >= 15 is 0 Å². The lowest BCUT2D eigenvalue weighted by Crippen LogP contribution is -2.27. The predicted molar refractivity (Wildman–Crippen MR) is 91.1 cm³/mol. The highest BCUT2D eigenvalue weighted by Crippen LogP contribution is 2.20. The number of pyridine rings is 1. The molecule has 126 valence electrons. The van der Waals surface area contributed by atoms with Crippen molar-refractivity contribution in [1.29, 1.82) is 0 Å². The zero-order chi connectivity index (χ0) is 17.2. The zero-order valence-corrected chi connectivity index (χ0v) is 13.4. The fourth-order valence-corrected chi connectivity index (χ4v) is 2.97. The Morgan fingerprint density at radius 1 is 1.28 bits per heavy atom. The van der Waals surface area contributed by atoms with Gasteiger partial charge in [0.05, 0.1) is 18.1 Å². The third-order valence-electron chi connectivity index (χ3n) is 4.19. The number of anilines is 1. The summed E-state index contributed by atoms with van der Waals surface area (Å²) in [6.07, 6.45) is 5.41. The van der Waals surface area contributed by atoms with Crippen LogP contribution in [-0.2, 0) is 13.0 Å². The quantitative estimate of drug-likeness (QED) is 0.769. The Bertz CT molecular complexity index is 937. The van der Waals surface area contributed by atoms with Crippen LogP contribution in [0, 0.1) is 5.82 Å². The molecule has 1 aromatic carbocycles. The highest BCUT2D eigenvalue weighted by atomic mass is 19.1. The molecule has 0 spiro atoms. The van der Waals surface area contributed by atoms with Crippen molar-refractivity contribution in [3.63, 3.8) is 0 Å². The number of carbonyl (C=O) groups is 1. The Morgan fingerprint density at radius 2 is 2.20 bits per heavy atom. The minimum atomic E-state index is -0.480. The van der Waals surface area contributed by atoms with Crippen LogP contribution in [0.2, 0.25) is 0 Å². The number of amides is 1. The molecule has 0 aliphatic carbocycles. The Morgan fingerprint density at radius 3 is 3.08 bits per heavy atom. The lowest BCUT2D eigenvalue weighted by atomic mass is 9.95. The van der Waals surface area contributed by atoms with Gasteiger partial charge in [0.15, 0.2) is 11.6 Å². The number of hydrogen-bond donors (Lipinski definition) is 2. The molecule has 2 N–H and O–H groups in total. The highest BCUT2D eigenvalue weighted by molar-refractivity contribution is 6.05. The number of nitrogens with zero attached hydrogens (tertiary/aromatic N) is 3. The summed E-state index contributed by atoms with van der Waals surface area (Å²) in [5, 5.41) is 10.2. The van der Waals surface area contributed by atoms with Crippen LogP contribution in [-0.4, -0.2) is 27.2 Å². The first-order valence-electron chi connectivity index (χ1n) is 8.01. The predicted octanol–water partition coefficient (Wildman–Crippen LogP) is 2.30. The van der Waals surface area contributed by atoms with E-state index in [9.17, 15) is 9.18 Å². The van der Waals surface area contributed by atoms with Crippen LogP contribution in [0.5, 0.6) is 0 Å². The second-order valence-electron chi connectivity index (χ2n) is 5.81. The van der Waals surface area contributed by atoms with E-state index in [1.165, 1.54) is 41.0 Å². The Hall–Kier alpha value is -3.06. The molecule has 1 aliphatic heterocycles. The maximum Gasteiger partial charge on any atom is 0.256 e. The monoisotopic (exact) mass is 337 g/mol. The number of halogens is 1. The van der Waals surface area contributed by atoms with Gasteiger partial charge in [0.25, 0.3) is 5.91 Å². The van der Waals surface area contributed by atoms with Crippen LogP contribution in [0.3, 0.4) is 0 Å². The summed E-state index contributed by atoms with van der Waals surface area (Å²) in [5.41, 5.74) is 3.34. The molecule has 3 heterocycles. The van der Waals surface area contributed by atoms with E-state index in [2.05, 4.69) is 26.8 Å². The molecule has 0 bridgehead atoms. The molecule has 0 radical (unpaired) electrons. The van der Waals surface area contributed by atoms with Gasteiger partial charge >= 0.3 is 0 Å². The fourth-order valence-electron chi connectivity index (χ4n) is 2.97. The van der Waals surface area contributed by atoms with Gasteiger partial charge in [-0.3, -0.25) is 4.79 Å². The minimum absolute atomic E-state index is 0.0873. The van der Waals surface area contributed by atoms with E-state index in [1.807, 2.05) is 12.1 Å². The maximum atomic E-state index is 13.8. The molecule has 3 aromatic rings. The Labute approximate surface area is 143 Å². The summed E-state index contributed by atoms with van der Waals surface area (Å²) < 4.78 is 15.1. The van der Waals surface area contributed by atoms with E-state index in [4.69, 9.17) is 0 Å². The summed E-state index contributed by atoms with van der Waals surface area (Å²) in [5.74, 6) is -0.599. The van der Waals surface area contributed by atoms with E-state index < -0.39 is 5.82 Å². The molecule has 25 heavy (non-hydrogen) atoms. The average molecular weight is 337 g/mol. The second kappa shape index (κ2) is 6.45. The van der Waals surface area contributed by atoms with Crippen molar-refractivity contribution >= 4 is 11.6 Å². The van der Waals surface area contributed by atoms with Gasteiger partial charge in [0.1, 0.15) is 0 Å². The summed E-state index contributed by atoms with van der Waals surface area (Å²) in [7, 11) is 0. The first-order chi connectivity index (χ1) is 12.2. The first kappa shape index (κ1) is 15.5. The lowest BCUT2D eigenvalue weighted by Gasteiger charge is -2.19. The third kappa shape index (κ3) is 3.01. The van der Waals surface area contributed by atoms with Gasteiger partial charge in [-0.15, -0.1) is 0 Å². The van der Waals surface area contributed by atoms with Crippen molar-refractivity contribution in [1.82, 2.24) is 20.1 Å². The molecule has 1 aliphatic rings. The van der Waals surface area contributed by atoms with E-state index in [0.717, 1.165) is 18.5 Å². The fraction of sp³-hybridized carbons (Fsp3) is 0.167. The van der Waals surface area contributed by atoms with Gasteiger partial charge < -0.3 is 10.6 Å². The number of carbonyl (C=O) groups excluding carboxylic acids is 1. The van der Waals surface area contributed by atoms with E-state index in [-0.39, 0.29) is 11.7 Å². The molecule has 1 amide bonds. The van der Waals surface area contributed by atoms with Gasteiger partial charge in [-0.2, -0.15) is 5.10 Å². The molecule has 0 fully saturated rings. The van der Waals surface area contributed by atoms with Gasteiger partial charge in [-0.1, -0.05) is 12.1 Å². The molecular formula is C18H16FN5O. The normalized spacial score (nSPS) is 13.3. The Balaban J connectivity index is 1.58. The summed E-state index contributed by atoms with van der Waals surface area (Å²) in [6, 6.07) is 8.58. The van der Waals surface area contributed by atoms with Crippen molar-refractivity contribution in [3.8, 4) is 5.82 Å². The molecule has 0 atom stereocenters. The van der Waals surface area contributed by atoms with Gasteiger partial charge in [0.2, 0.25) is 0 Å². The molecule has 7 heteroatoms. The van der Waals surface area contributed by atoms with Crippen LogP contribution >= 0.6 is 0 Å². The topological polar surface area (TPSA) is 71.8 Å². The number of fused-ring (bicyclic) bond motifs is 1. The molecule has 2 aromatic heterocycles. The minimum Gasteiger partial charge on any atom is -0.319 e. The standard InChI is InChI=1S/C18H16FN5O/c19-16-5-2-7-21-17(16)24-11-13(9-22-24)23-18(25)14-4-1-3-12-6-8-20-10-15(12)14/h1-5,7,9,11,20H,6,8,10H2,(H,23,25). The third-order valence-corrected chi connectivity index (χ3v) is 4.19. The van der Waals surface area contributed by atoms with Crippen molar-refractivity contribution in [2.45, 2.75) is 13.0 Å². The van der Waals surface area contributed by atoms with E-state index in [0.29, 0.717) is 17.8 Å². The number of rotatable bonds is 3. The summed E-state index contributed by atoms with van der Waals surface area (Å²) in [4.78, 5) is 16.6. The van der Waals surface area contributed by atoms with Crippen LogP contribution in [0.1, 0.15) is 21.5 Å². The lowest BCUT2D eigenvalue weighted by molar-refractivity contribution is 0.102. The molecule has 6 nitrogen and oxygen atoms in total. The molecule has 4 rings (SSSR count). The maximum absolute atomic E-state index is 13.8. The number of aromatic nitrogens is 3. The molecular weight excluding hydrogens is 321 g/mol.